The van der Waals surface area contributed by atoms with Gasteiger partial charge in [-0.3, -0.25) is 0 Å². The van der Waals surface area contributed by atoms with Gasteiger partial charge in [-0.25, -0.2) is 0 Å². The predicted molar refractivity (Wildman–Crippen MR) is 68.3 cm³/mol. The number of rotatable bonds is 3. The van der Waals surface area contributed by atoms with Crippen LogP contribution in [0.2, 0.25) is 0 Å². The third-order valence-electron chi connectivity index (χ3n) is 2.59. The standard InChI is InChI=1S/C15H16O2/c1-11-6-5-7-13(10-11)17-15-9-4-3-8-14(15)12(2)16/h3-10,12,16H,1-2H3/t12-/m1/s1. The zero-order valence-electron chi connectivity index (χ0n) is 10.1. The third-order valence-corrected chi connectivity index (χ3v) is 2.59. The van der Waals surface area contributed by atoms with Crippen LogP contribution in [0.25, 0.3) is 0 Å². The fourth-order valence-electron chi connectivity index (χ4n) is 1.72. The number of aliphatic hydroxyl groups excluding tert-OH is 1. The first kappa shape index (κ1) is 11.7. The Morgan fingerprint density at radius 3 is 2.53 bits per heavy atom. The van der Waals surface area contributed by atoms with Crippen molar-refractivity contribution in [3.8, 4) is 11.5 Å². The topological polar surface area (TPSA) is 29.5 Å². The highest BCUT2D eigenvalue weighted by Crippen LogP contribution is 2.29. The summed E-state index contributed by atoms with van der Waals surface area (Å²) in [5, 5.41) is 9.66. The lowest BCUT2D eigenvalue weighted by molar-refractivity contribution is 0.195. The van der Waals surface area contributed by atoms with E-state index in [2.05, 4.69) is 0 Å². The first-order chi connectivity index (χ1) is 8.16. The number of benzene rings is 2. The molecule has 2 aromatic carbocycles. The molecule has 0 spiro atoms. The summed E-state index contributed by atoms with van der Waals surface area (Å²) in [5.41, 5.74) is 1.95. The number of para-hydroxylation sites is 1. The molecule has 0 saturated carbocycles. The van der Waals surface area contributed by atoms with Gasteiger partial charge < -0.3 is 9.84 Å². The van der Waals surface area contributed by atoms with Gasteiger partial charge in [0.2, 0.25) is 0 Å². The van der Waals surface area contributed by atoms with Crippen LogP contribution in [0.1, 0.15) is 24.2 Å². The Morgan fingerprint density at radius 1 is 1.06 bits per heavy atom. The Hall–Kier alpha value is -1.80. The van der Waals surface area contributed by atoms with Gasteiger partial charge in [-0.15, -0.1) is 0 Å². The molecule has 0 unspecified atom stereocenters. The van der Waals surface area contributed by atoms with Crippen molar-refractivity contribution in [2.24, 2.45) is 0 Å². The molecular formula is C15H16O2. The lowest BCUT2D eigenvalue weighted by atomic mass is 10.1. The maximum Gasteiger partial charge on any atom is 0.133 e. The number of aryl methyl sites for hydroxylation is 1. The van der Waals surface area contributed by atoms with Crippen LogP contribution in [0.5, 0.6) is 11.5 Å². The molecule has 0 fully saturated rings. The van der Waals surface area contributed by atoms with Crippen LogP contribution in [-0.4, -0.2) is 5.11 Å². The molecule has 0 saturated heterocycles. The molecule has 0 aromatic heterocycles. The van der Waals surface area contributed by atoms with E-state index in [0.717, 1.165) is 16.9 Å². The van der Waals surface area contributed by atoms with Crippen molar-refractivity contribution in [2.45, 2.75) is 20.0 Å². The second-order valence-electron chi connectivity index (χ2n) is 4.13. The van der Waals surface area contributed by atoms with Gasteiger partial charge in [0.05, 0.1) is 6.10 Å². The molecule has 0 bridgehead atoms. The van der Waals surface area contributed by atoms with E-state index in [4.69, 9.17) is 4.74 Å². The van der Waals surface area contributed by atoms with Gasteiger partial charge in [0, 0.05) is 5.56 Å². The number of hydrogen-bond donors (Lipinski definition) is 1. The Kier molecular flexibility index (Phi) is 3.45. The fourth-order valence-corrected chi connectivity index (χ4v) is 1.72. The molecular weight excluding hydrogens is 212 g/mol. The van der Waals surface area contributed by atoms with E-state index in [1.165, 1.54) is 0 Å². The summed E-state index contributed by atoms with van der Waals surface area (Å²) >= 11 is 0. The predicted octanol–water partition coefficient (Wildman–Crippen LogP) is 3.84. The average molecular weight is 228 g/mol. The summed E-state index contributed by atoms with van der Waals surface area (Å²) in [4.78, 5) is 0. The minimum absolute atomic E-state index is 0.531. The molecule has 0 heterocycles. The maximum absolute atomic E-state index is 9.66. The number of aliphatic hydroxyl groups is 1. The molecule has 0 radical (unpaired) electrons. The molecule has 1 N–H and O–H groups in total. The van der Waals surface area contributed by atoms with Crippen LogP contribution >= 0.6 is 0 Å². The zero-order chi connectivity index (χ0) is 12.3. The van der Waals surface area contributed by atoms with Gasteiger partial charge in [-0.2, -0.15) is 0 Å². The molecule has 2 heteroatoms. The minimum atomic E-state index is -0.531. The summed E-state index contributed by atoms with van der Waals surface area (Å²) in [7, 11) is 0. The van der Waals surface area contributed by atoms with Gasteiger partial charge in [0.25, 0.3) is 0 Å². The van der Waals surface area contributed by atoms with Gasteiger partial charge in [0.1, 0.15) is 11.5 Å². The van der Waals surface area contributed by atoms with E-state index in [0.29, 0.717) is 5.75 Å². The molecule has 0 amide bonds. The lowest BCUT2D eigenvalue weighted by Crippen LogP contribution is -1.95. The lowest BCUT2D eigenvalue weighted by Gasteiger charge is -2.13. The fraction of sp³-hybridized carbons (Fsp3) is 0.200. The average Bonchev–Trinajstić information content (AvgIpc) is 2.29. The van der Waals surface area contributed by atoms with Crippen molar-refractivity contribution in [1.29, 1.82) is 0 Å². The van der Waals surface area contributed by atoms with Gasteiger partial charge in [-0.05, 0) is 37.6 Å². The Balaban J connectivity index is 2.30. The van der Waals surface area contributed by atoms with Gasteiger partial charge in [0.15, 0.2) is 0 Å². The van der Waals surface area contributed by atoms with Crippen LogP contribution in [0.15, 0.2) is 48.5 Å². The summed E-state index contributed by atoms with van der Waals surface area (Å²) in [6.45, 7) is 3.76. The molecule has 0 aliphatic carbocycles. The molecule has 1 atom stereocenters. The summed E-state index contributed by atoms with van der Waals surface area (Å²) in [6, 6.07) is 15.4. The van der Waals surface area contributed by atoms with Crippen LogP contribution in [0, 0.1) is 6.92 Å². The highest BCUT2D eigenvalue weighted by Gasteiger charge is 2.08. The maximum atomic E-state index is 9.66. The first-order valence-electron chi connectivity index (χ1n) is 5.68. The summed E-state index contributed by atoms with van der Waals surface area (Å²) in [6.07, 6.45) is -0.531. The van der Waals surface area contributed by atoms with Gasteiger partial charge >= 0.3 is 0 Å². The van der Waals surface area contributed by atoms with E-state index in [1.54, 1.807) is 6.92 Å². The Labute approximate surface area is 101 Å². The van der Waals surface area contributed by atoms with Crippen molar-refractivity contribution >= 4 is 0 Å². The Morgan fingerprint density at radius 2 is 1.82 bits per heavy atom. The second kappa shape index (κ2) is 5.02. The molecule has 2 nitrogen and oxygen atoms in total. The Bertz CT molecular complexity index is 504. The molecule has 17 heavy (non-hydrogen) atoms. The third kappa shape index (κ3) is 2.86. The summed E-state index contributed by atoms with van der Waals surface area (Å²) < 4.78 is 5.79. The van der Waals surface area contributed by atoms with Crippen LogP contribution < -0.4 is 4.74 Å². The van der Waals surface area contributed by atoms with Crippen molar-refractivity contribution in [3.63, 3.8) is 0 Å². The molecule has 2 aromatic rings. The van der Waals surface area contributed by atoms with Crippen molar-refractivity contribution in [3.05, 3.63) is 59.7 Å². The molecule has 0 aliphatic heterocycles. The molecule has 2 rings (SSSR count). The first-order valence-corrected chi connectivity index (χ1v) is 5.68. The van der Waals surface area contributed by atoms with E-state index in [-0.39, 0.29) is 0 Å². The van der Waals surface area contributed by atoms with Crippen LogP contribution in [0.4, 0.5) is 0 Å². The largest absolute Gasteiger partial charge is 0.457 e. The quantitative estimate of drug-likeness (QED) is 0.864. The molecule has 0 aliphatic rings. The van der Waals surface area contributed by atoms with E-state index in [9.17, 15) is 5.11 Å². The monoisotopic (exact) mass is 228 g/mol. The van der Waals surface area contributed by atoms with Crippen molar-refractivity contribution in [2.75, 3.05) is 0 Å². The highest BCUT2D eigenvalue weighted by atomic mass is 16.5. The van der Waals surface area contributed by atoms with E-state index >= 15 is 0 Å². The smallest absolute Gasteiger partial charge is 0.133 e. The SMILES string of the molecule is Cc1cccc(Oc2ccccc2[C@@H](C)O)c1. The second-order valence-corrected chi connectivity index (χ2v) is 4.13. The number of ether oxygens (including phenoxy) is 1. The van der Waals surface area contributed by atoms with Crippen LogP contribution in [-0.2, 0) is 0 Å². The highest BCUT2D eigenvalue weighted by molar-refractivity contribution is 5.39. The summed E-state index contributed by atoms with van der Waals surface area (Å²) in [5.74, 6) is 1.49. The van der Waals surface area contributed by atoms with E-state index < -0.39 is 6.10 Å². The van der Waals surface area contributed by atoms with Crippen molar-refractivity contribution < 1.29 is 9.84 Å². The van der Waals surface area contributed by atoms with E-state index in [1.807, 2.05) is 55.5 Å². The van der Waals surface area contributed by atoms with Crippen molar-refractivity contribution in [1.82, 2.24) is 0 Å². The normalized spacial score (nSPS) is 12.2. The van der Waals surface area contributed by atoms with Crippen LogP contribution in [0.3, 0.4) is 0 Å². The molecule has 88 valence electrons. The number of hydrogen-bond acceptors (Lipinski definition) is 2. The zero-order valence-corrected chi connectivity index (χ0v) is 10.1. The van der Waals surface area contributed by atoms with Gasteiger partial charge in [-0.1, -0.05) is 30.3 Å². The minimum Gasteiger partial charge on any atom is -0.457 e.